The van der Waals surface area contributed by atoms with Crippen molar-refractivity contribution in [2.75, 3.05) is 0 Å². The number of non-ortho nitro benzene ring substituents is 2. The zero-order chi connectivity index (χ0) is 29.4. The number of hydrogen-bond acceptors (Lipinski definition) is 11. The summed E-state index contributed by atoms with van der Waals surface area (Å²) in [5.74, 6) is -5.90. The number of esters is 1. The van der Waals surface area contributed by atoms with E-state index in [0.717, 1.165) is 0 Å². The van der Waals surface area contributed by atoms with E-state index in [0.29, 0.717) is 11.1 Å². The van der Waals surface area contributed by atoms with E-state index < -0.39 is 70.6 Å². The molecule has 16 nitrogen and oxygen atoms in total. The maximum Gasteiger partial charge on any atom is 0.408 e. The van der Waals surface area contributed by atoms with Gasteiger partial charge in [0.15, 0.2) is 0 Å². The first-order valence-corrected chi connectivity index (χ1v) is 11.6. The molecule has 1 aliphatic heterocycles. The number of nitrogens with one attached hydrogen (secondary N) is 2. The molecule has 0 radical (unpaired) electrons. The minimum Gasteiger partial charge on any atom is -0.481 e. The first-order valence-electron chi connectivity index (χ1n) is 11.6. The average molecular weight is 558 g/mol. The van der Waals surface area contributed by atoms with E-state index in [1.165, 1.54) is 48.5 Å². The maximum atomic E-state index is 12.7. The standard InChI is InChI=1S/C24H22N4O12/c29-19(30)10-15(21(31)23(33)39-11-13-1-5-16(6-2-13)27(35)36)9-18-20(22(32)25-18)26-24(34)40-12-14-3-7-17(8-4-14)28(37)38/h1-8,15,18,20H,9-12H2,(H,25,32)(H,26,34)(H,29,30)/t15?,18-,20-/m0/s1. The van der Waals surface area contributed by atoms with Crippen LogP contribution in [-0.4, -0.2) is 56.8 Å². The maximum absolute atomic E-state index is 12.7. The van der Waals surface area contributed by atoms with Crippen molar-refractivity contribution in [3.8, 4) is 0 Å². The highest BCUT2D eigenvalue weighted by Gasteiger charge is 2.44. The topological polar surface area (TPSA) is 234 Å². The molecule has 1 fully saturated rings. The highest BCUT2D eigenvalue weighted by molar-refractivity contribution is 6.34. The summed E-state index contributed by atoms with van der Waals surface area (Å²) in [6, 6.07) is 8.16. The number of ether oxygens (including phenoxy) is 2. The molecule has 3 N–H and O–H groups in total. The summed E-state index contributed by atoms with van der Waals surface area (Å²) >= 11 is 0. The van der Waals surface area contributed by atoms with E-state index in [1.807, 2.05) is 0 Å². The minimum atomic E-state index is -1.40. The molecule has 0 aromatic heterocycles. The Morgan fingerprint density at radius 1 is 0.900 bits per heavy atom. The molecule has 40 heavy (non-hydrogen) atoms. The Hall–Kier alpha value is -5.41. The lowest BCUT2D eigenvalue weighted by Gasteiger charge is -2.38. The molecule has 1 saturated heterocycles. The fourth-order valence-electron chi connectivity index (χ4n) is 3.74. The van der Waals surface area contributed by atoms with Gasteiger partial charge in [-0.05, 0) is 41.8 Å². The van der Waals surface area contributed by atoms with Gasteiger partial charge in [0.25, 0.3) is 11.4 Å². The van der Waals surface area contributed by atoms with Crippen LogP contribution in [0.1, 0.15) is 24.0 Å². The van der Waals surface area contributed by atoms with Crippen molar-refractivity contribution >= 4 is 41.1 Å². The number of aliphatic carboxylic acids is 1. The van der Waals surface area contributed by atoms with Crippen molar-refractivity contribution < 1.29 is 48.4 Å². The average Bonchev–Trinajstić information content (AvgIpc) is 2.92. The summed E-state index contributed by atoms with van der Waals surface area (Å²) in [5.41, 5.74) is 0.454. The largest absolute Gasteiger partial charge is 0.481 e. The number of ketones is 1. The van der Waals surface area contributed by atoms with Crippen molar-refractivity contribution in [1.29, 1.82) is 0 Å². The van der Waals surface area contributed by atoms with Gasteiger partial charge in [-0.3, -0.25) is 34.6 Å². The molecule has 3 atom stereocenters. The molecule has 210 valence electrons. The summed E-state index contributed by atoms with van der Waals surface area (Å²) in [7, 11) is 0. The summed E-state index contributed by atoms with van der Waals surface area (Å²) in [5, 5.41) is 35.4. The smallest absolute Gasteiger partial charge is 0.408 e. The van der Waals surface area contributed by atoms with Crippen molar-refractivity contribution in [2.45, 2.75) is 38.1 Å². The number of rotatable bonds is 13. The first kappa shape index (κ1) is 29.2. The van der Waals surface area contributed by atoms with Gasteiger partial charge in [-0.15, -0.1) is 0 Å². The van der Waals surface area contributed by atoms with Gasteiger partial charge in [0.05, 0.1) is 22.3 Å². The van der Waals surface area contributed by atoms with E-state index in [4.69, 9.17) is 9.47 Å². The SMILES string of the molecule is O=C(O)CC(C[C@@H]1NC(=O)[C@H]1NC(=O)OCc1ccc([N+](=O)[O-])cc1)C(=O)C(=O)OCc1ccc([N+](=O)[O-])cc1. The number of carboxylic acid groups (broad SMARTS) is 1. The van der Waals surface area contributed by atoms with Gasteiger partial charge in [-0.25, -0.2) is 9.59 Å². The van der Waals surface area contributed by atoms with Crippen LogP contribution in [0, 0.1) is 26.1 Å². The van der Waals surface area contributed by atoms with Crippen molar-refractivity contribution in [1.82, 2.24) is 10.6 Å². The molecule has 16 heteroatoms. The predicted octanol–water partition coefficient (Wildman–Crippen LogP) is 1.39. The van der Waals surface area contributed by atoms with E-state index >= 15 is 0 Å². The van der Waals surface area contributed by atoms with Gasteiger partial charge < -0.3 is 25.2 Å². The number of benzene rings is 2. The quantitative estimate of drug-likeness (QED) is 0.104. The Balaban J connectivity index is 1.54. The molecule has 1 aliphatic rings. The third-order valence-electron chi connectivity index (χ3n) is 5.85. The number of carbonyl (C=O) groups is 5. The molecule has 0 saturated carbocycles. The van der Waals surface area contributed by atoms with Crippen LogP contribution in [-0.2, 0) is 41.9 Å². The second-order valence-electron chi connectivity index (χ2n) is 8.63. The molecule has 2 aromatic rings. The lowest BCUT2D eigenvalue weighted by atomic mass is 9.85. The number of carbonyl (C=O) groups excluding carboxylic acids is 4. The van der Waals surface area contributed by atoms with Crippen LogP contribution in [0.5, 0.6) is 0 Å². The number of alkyl carbamates (subject to hydrolysis) is 1. The number of carboxylic acids is 1. The molecule has 0 aliphatic carbocycles. The van der Waals surface area contributed by atoms with Crippen molar-refractivity contribution in [2.24, 2.45) is 5.92 Å². The van der Waals surface area contributed by atoms with Crippen LogP contribution in [0.3, 0.4) is 0 Å². The zero-order valence-corrected chi connectivity index (χ0v) is 20.5. The summed E-state index contributed by atoms with van der Waals surface area (Å²) < 4.78 is 9.94. The Kier molecular flexibility index (Phi) is 9.40. The second-order valence-corrected chi connectivity index (χ2v) is 8.63. The van der Waals surface area contributed by atoms with Crippen molar-refractivity contribution in [3.05, 3.63) is 79.9 Å². The monoisotopic (exact) mass is 558 g/mol. The molecule has 1 heterocycles. The number of Topliss-reactive ketones (excluding diaryl/α,β-unsaturated/α-hetero) is 1. The van der Waals surface area contributed by atoms with E-state index in [-0.39, 0.29) is 24.4 Å². The Bertz CT molecular complexity index is 1330. The fourth-order valence-corrected chi connectivity index (χ4v) is 3.74. The van der Waals surface area contributed by atoms with Gasteiger partial charge >= 0.3 is 18.0 Å². The molecule has 1 unspecified atom stereocenters. The zero-order valence-electron chi connectivity index (χ0n) is 20.5. The third-order valence-corrected chi connectivity index (χ3v) is 5.85. The Labute approximate surface area is 224 Å². The van der Waals surface area contributed by atoms with Gasteiger partial charge in [0, 0.05) is 30.2 Å². The normalized spacial score (nSPS) is 16.4. The van der Waals surface area contributed by atoms with Gasteiger partial charge in [0.2, 0.25) is 11.7 Å². The van der Waals surface area contributed by atoms with Gasteiger partial charge in [-0.2, -0.15) is 0 Å². The van der Waals surface area contributed by atoms with Gasteiger partial charge in [0.1, 0.15) is 19.3 Å². The minimum absolute atomic E-state index is 0.150. The third kappa shape index (κ3) is 7.80. The Morgan fingerprint density at radius 3 is 1.85 bits per heavy atom. The number of nitro groups is 2. The van der Waals surface area contributed by atoms with Crippen LogP contribution >= 0.6 is 0 Å². The van der Waals surface area contributed by atoms with E-state index in [2.05, 4.69) is 10.6 Å². The summed E-state index contributed by atoms with van der Waals surface area (Å²) in [4.78, 5) is 80.7. The van der Waals surface area contributed by atoms with Crippen LogP contribution in [0.25, 0.3) is 0 Å². The number of β-lactam (4-membered cyclic amide) rings is 1. The molecule has 0 spiro atoms. The molecule has 0 bridgehead atoms. The fraction of sp³-hybridized carbons (Fsp3) is 0.292. The lowest BCUT2D eigenvalue weighted by Crippen LogP contribution is -2.69. The number of nitro benzene ring substituents is 2. The molecule has 2 aromatic carbocycles. The highest BCUT2D eigenvalue weighted by Crippen LogP contribution is 2.22. The Morgan fingerprint density at radius 2 is 1.40 bits per heavy atom. The van der Waals surface area contributed by atoms with Crippen LogP contribution < -0.4 is 10.6 Å². The first-order chi connectivity index (χ1) is 18.9. The lowest BCUT2D eigenvalue weighted by molar-refractivity contribution is -0.385. The van der Waals surface area contributed by atoms with Crippen LogP contribution in [0.2, 0.25) is 0 Å². The second kappa shape index (κ2) is 12.9. The van der Waals surface area contributed by atoms with Crippen molar-refractivity contribution in [3.63, 3.8) is 0 Å². The molecule has 2 amide bonds. The highest BCUT2D eigenvalue weighted by atomic mass is 16.6. The van der Waals surface area contributed by atoms with Crippen LogP contribution in [0.15, 0.2) is 48.5 Å². The van der Waals surface area contributed by atoms with E-state index in [1.54, 1.807) is 0 Å². The van der Waals surface area contributed by atoms with Gasteiger partial charge in [-0.1, -0.05) is 0 Å². The predicted molar refractivity (Wildman–Crippen MR) is 130 cm³/mol. The molecule has 3 rings (SSSR count). The van der Waals surface area contributed by atoms with E-state index in [9.17, 15) is 49.3 Å². The summed E-state index contributed by atoms with van der Waals surface area (Å²) in [6.45, 7) is -0.656. The number of amides is 2. The number of hydrogen-bond donors (Lipinski definition) is 3. The van der Waals surface area contributed by atoms with Crippen LogP contribution in [0.4, 0.5) is 16.2 Å². The summed E-state index contributed by atoms with van der Waals surface area (Å²) in [6.07, 6.45) is -2.07. The molecular formula is C24H22N4O12. The molecular weight excluding hydrogens is 536 g/mol. The number of nitrogens with zero attached hydrogens (tertiary/aromatic N) is 2.